The molecule has 18 heavy (non-hydrogen) atoms. The van der Waals surface area contributed by atoms with Crippen LogP contribution in [0, 0.1) is 5.92 Å². The lowest BCUT2D eigenvalue weighted by atomic mass is 10.1. The van der Waals surface area contributed by atoms with Gasteiger partial charge in [-0.05, 0) is 36.2 Å². The number of hydrogen-bond donors (Lipinski definition) is 1. The Labute approximate surface area is 110 Å². The molecule has 1 aromatic heterocycles. The van der Waals surface area contributed by atoms with Gasteiger partial charge in [-0.3, -0.25) is 9.19 Å². The van der Waals surface area contributed by atoms with E-state index < -0.39 is 10.8 Å². The van der Waals surface area contributed by atoms with E-state index >= 15 is 0 Å². The lowest BCUT2D eigenvalue weighted by Gasteiger charge is -2.08. The van der Waals surface area contributed by atoms with Gasteiger partial charge in [-0.15, -0.1) is 0 Å². The smallest absolute Gasteiger partial charge is 0.0702 e. The number of hydrogen-bond acceptors (Lipinski definition) is 3. The van der Waals surface area contributed by atoms with Gasteiger partial charge < -0.3 is 5.73 Å². The SMILES string of the molecule is CC(CN)CS(=O)Cc1ccc2ncccc2c1. The van der Waals surface area contributed by atoms with Crippen molar-refractivity contribution in [1.29, 1.82) is 0 Å². The van der Waals surface area contributed by atoms with Gasteiger partial charge in [0.05, 0.1) is 5.52 Å². The first-order valence-corrected chi connectivity index (χ1v) is 7.56. The largest absolute Gasteiger partial charge is 0.330 e. The summed E-state index contributed by atoms with van der Waals surface area (Å²) in [5.41, 5.74) is 7.62. The van der Waals surface area contributed by atoms with Crippen molar-refractivity contribution in [3.63, 3.8) is 0 Å². The number of aromatic nitrogens is 1. The maximum atomic E-state index is 12.0. The quantitative estimate of drug-likeness (QED) is 0.897. The first kappa shape index (κ1) is 13.2. The zero-order chi connectivity index (χ0) is 13.0. The Morgan fingerprint density at radius 1 is 1.39 bits per heavy atom. The summed E-state index contributed by atoms with van der Waals surface area (Å²) in [5.74, 6) is 1.57. The molecule has 0 radical (unpaired) electrons. The Bertz CT molecular complexity index is 556. The van der Waals surface area contributed by atoms with Crippen molar-refractivity contribution in [2.75, 3.05) is 12.3 Å². The molecule has 0 aliphatic rings. The number of fused-ring (bicyclic) bond motifs is 1. The Morgan fingerprint density at radius 2 is 2.22 bits per heavy atom. The lowest BCUT2D eigenvalue weighted by molar-refractivity contribution is 0.640. The molecule has 2 N–H and O–H groups in total. The van der Waals surface area contributed by atoms with Gasteiger partial charge in [-0.1, -0.05) is 19.1 Å². The highest BCUT2D eigenvalue weighted by atomic mass is 32.2. The van der Waals surface area contributed by atoms with Crippen LogP contribution in [0.25, 0.3) is 10.9 Å². The highest BCUT2D eigenvalue weighted by Crippen LogP contribution is 2.15. The Hall–Kier alpha value is -1.26. The van der Waals surface area contributed by atoms with E-state index in [4.69, 9.17) is 5.73 Å². The van der Waals surface area contributed by atoms with E-state index in [9.17, 15) is 4.21 Å². The second-order valence-corrected chi connectivity index (χ2v) is 6.12. The number of benzene rings is 1. The van der Waals surface area contributed by atoms with Gasteiger partial charge in [0.15, 0.2) is 0 Å². The molecule has 96 valence electrons. The van der Waals surface area contributed by atoms with Crippen molar-refractivity contribution >= 4 is 21.7 Å². The molecule has 0 aliphatic carbocycles. The van der Waals surface area contributed by atoms with Gasteiger partial charge in [0, 0.05) is 33.9 Å². The third kappa shape index (κ3) is 3.37. The molecule has 4 heteroatoms. The molecular weight excluding hydrogens is 244 g/mol. The molecule has 2 rings (SSSR count). The summed E-state index contributed by atoms with van der Waals surface area (Å²) in [6, 6.07) is 9.98. The van der Waals surface area contributed by atoms with E-state index in [0.29, 0.717) is 24.0 Å². The minimum absolute atomic E-state index is 0.313. The fourth-order valence-electron chi connectivity index (χ4n) is 1.85. The summed E-state index contributed by atoms with van der Waals surface area (Å²) in [6.45, 7) is 2.62. The predicted molar refractivity (Wildman–Crippen MR) is 76.7 cm³/mol. The van der Waals surface area contributed by atoms with Gasteiger partial charge in [0.1, 0.15) is 0 Å². The van der Waals surface area contributed by atoms with Crippen LogP contribution in [0.4, 0.5) is 0 Å². The van der Waals surface area contributed by atoms with Gasteiger partial charge >= 0.3 is 0 Å². The Morgan fingerprint density at radius 3 is 3.00 bits per heavy atom. The van der Waals surface area contributed by atoms with Crippen molar-refractivity contribution in [3.8, 4) is 0 Å². The number of nitrogens with two attached hydrogens (primary N) is 1. The average Bonchev–Trinajstić information content (AvgIpc) is 2.38. The molecule has 0 saturated carbocycles. The van der Waals surface area contributed by atoms with E-state index in [1.54, 1.807) is 6.20 Å². The van der Waals surface area contributed by atoms with Crippen molar-refractivity contribution in [1.82, 2.24) is 4.98 Å². The Balaban J connectivity index is 2.10. The summed E-state index contributed by atoms with van der Waals surface area (Å²) in [6.07, 6.45) is 1.78. The highest BCUT2D eigenvalue weighted by Gasteiger charge is 2.07. The molecule has 0 aliphatic heterocycles. The molecule has 2 atom stereocenters. The third-order valence-electron chi connectivity index (χ3n) is 2.87. The zero-order valence-electron chi connectivity index (χ0n) is 10.5. The summed E-state index contributed by atoms with van der Waals surface area (Å²) in [7, 11) is -0.844. The van der Waals surface area contributed by atoms with E-state index in [-0.39, 0.29) is 0 Å². The standard InChI is InChI=1S/C14H18N2OS/c1-11(8-15)9-18(17)10-12-4-5-14-13(7-12)3-2-6-16-14/h2-7,11H,8-10,15H2,1H3. The number of nitrogens with zero attached hydrogens (tertiary/aromatic N) is 1. The van der Waals surface area contributed by atoms with E-state index in [1.165, 1.54) is 0 Å². The van der Waals surface area contributed by atoms with Crippen LogP contribution in [-0.2, 0) is 16.6 Å². The van der Waals surface area contributed by atoms with Crippen molar-refractivity contribution in [2.45, 2.75) is 12.7 Å². The van der Waals surface area contributed by atoms with Crippen LogP contribution in [0.1, 0.15) is 12.5 Å². The molecule has 1 heterocycles. The molecule has 2 unspecified atom stereocenters. The highest BCUT2D eigenvalue weighted by molar-refractivity contribution is 7.84. The topological polar surface area (TPSA) is 56.0 Å². The minimum Gasteiger partial charge on any atom is -0.330 e. The minimum atomic E-state index is -0.844. The van der Waals surface area contributed by atoms with Crippen molar-refractivity contribution < 1.29 is 4.21 Å². The van der Waals surface area contributed by atoms with Crippen LogP contribution < -0.4 is 5.73 Å². The number of rotatable bonds is 5. The second kappa shape index (κ2) is 6.07. The molecule has 0 spiro atoms. The van der Waals surface area contributed by atoms with E-state index in [1.807, 2.05) is 31.2 Å². The molecule has 0 bridgehead atoms. The van der Waals surface area contributed by atoms with Crippen molar-refractivity contribution in [3.05, 3.63) is 42.1 Å². The number of pyridine rings is 1. The summed E-state index contributed by atoms with van der Waals surface area (Å²) in [5, 5.41) is 1.10. The van der Waals surface area contributed by atoms with E-state index in [0.717, 1.165) is 16.5 Å². The maximum absolute atomic E-state index is 12.0. The van der Waals surface area contributed by atoms with Gasteiger partial charge in [-0.25, -0.2) is 0 Å². The molecule has 2 aromatic rings. The van der Waals surface area contributed by atoms with Crippen LogP contribution in [0.3, 0.4) is 0 Å². The molecule has 0 fully saturated rings. The predicted octanol–water partition coefficient (Wildman–Crippen LogP) is 2.08. The molecule has 3 nitrogen and oxygen atoms in total. The molecule has 0 saturated heterocycles. The van der Waals surface area contributed by atoms with Crippen molar-refractivity contribution in [2.24, 2.45) is 11.7 Å². The van der Waals surface area contributed by atoms with Gasteiger partial charge in [0.2, 0.25) is 0 Å². The Kier molecular flexibility index (Phi) is 4.44. The summed E-state index contributed by atoms with van der Waals surface area (Å²) in [4.78, 5) is 4.27. The fourth-order valence-corrected chi connectivity index (χ4v) is 3.29. The molecular formula is C14H18N2OS. The van der Waals surface area contributed by atoms with Crippen LogP contribution in [0.2, 0.25) is 0 Å². The second-order valence-electron chi connectivity index (χ2n) is 4.62. The van der Waals surface area contributed by atoms with Crippen LogP contribution in [0.15, 0.2) is 36.5 Å². The molecule has 1 aromatic carbocycles. The maximum Gasteiger partial charge on any atom is 0.0702 e. The zero-order valence-corrected chi connectivity index (χ0v) is 11.3. The first-order chi connectivity index (χ1) is 8.69. The average molecular weight is 262 g/mol. The summed E-state index contributed by atoms with van der Waals surface area (Å²) >= 11 is 0. The van der Waals surface area contributed by atoms with Gasteiger partial charge in [-0.2, -0.15) is 0 Å². The monoisotopic (exact) mass is 262 g/mol. The van der Waals surface area contributed by atoms with Crippen LogP contribution >= 0.6 is 0 Å². The normalized spacial score (nSPS) is 14.6. The van der Waals surface area contributed by atoms with Gasteiger partial charge in [0.25, 0.3) is 0 Å². The van der Waals surface area contributed by atoms with Crippen LogP contribution in [-0.4, -0.2) is 21.5 Å². The lowest BCUT2D eigenvalue weighted by Crippen LogP contribution is -2.18. The third-order valence-corrected chi connectivity index (χ3v) is 4.46. The molecule has 0 amide bonds. The van der Waals surface area contributed by atoms with E-state index in [2.05, 4.69) is 11.1 Å². The van der Waals surface area contributed by atoms with Crippen LogP contribution in [0.5, 0.6) is 0 Å². The fraction of sp³-hybridized carbons (Fsp3) is 0.357. The first-order valence-electron chi connectivity index (χ1n) is 6.07. The summed E-state index contributed by atoms with van der Waals surface area (Å²) < 4.78 is 12.0.